The van der Waals surface area contributed by atoms with Crippen molar-refractivity contribution in [3.8, 4) is 0 Å². The minimum atomic E-state index is -0.917. The molecule has 2 aliphatic rings. The molecule has 2 aliphatic heterocycles. The Hall–Kier alpha value is -3.80. The Labute approximate surface area is 173 Å². The summed E-state index contributed by atoms with van der Waals surface area (Å²) in [6.07, 6.45) is 0. The molecule has 0 aliphatic carbocycles. The van der Waals surface area contributed by atoms with Crippen molar-refractivity contribution in [3.05, 3.63) is 94.0 Å². The van der Waals surface area contributed by atoms with Crippen LogP contribution >= 0.6 is 0 Å². The molecule has 0 amide bonds. The number of carboxylic acids is 2. The fraction of sp³-hybridized carbons (Fsp3) is 0.167. The van der Waals surface area contributed by atoms with Crippen molar-refractivity contribution >= 4 is 23.3 Å². The smallest absolute Gasteiger partial charge is 0.335 e. The fourth-order valence-corrected chi connectivity index (χ4v) is 4.35. The maximum atomic E-state index is 11.3. The quantitative estimate of drug-likeness (QED) is 0.686. The normalized spacial score (nSPS) is 14.5. The van der Waals surface area contributed by atoms with E-state index >= 15 is 0 Å². The summed E-state index contributed by atoms with van der Waals surface area (Å²) >= 11 is 0. The number of benzene rings is 3. The molecule has 6 heteroatoms. The summed E-state index contributed by atoms with van der Waals surface area (Å²) in [5, 5.41) is 18.5. The Bertz CT molecular complexity index is 1060. The van der Waals surface area contributed by atoms with Gasteiger partial charge in [0, 0.05) is 37.6 Å². The molecule has 0 bridgehead atoms. The van der Waals surface area contributed by atoms with Gasteiger partial charge in [0.05, 0.1) is 11.1 Å². The lowest BCUT2D eigenvalue weighted by atomic mass is 10.0. The summed E-state index contributed by atoms with van der Waals surface area (Å²) in [6.45, 7) is 3.00. The zero-order valence-corrected chi connectivity index (χ0v) is 16.2. The van der Waals surface area contributed by atoms with Crippen molar-refractivity contribution < 1.29 is 19.8 Å². The van der Waals surface area contributed by atoms with Gasteiger partial charge in [0.15, 0.2) is 0 Å². The van der Waals surface area contributed by atoms with E-state index in [1.807, 2.05) is 12.1 Å². The first-order valence-electron chi connectivity index (χ1n) is 9.78. The first-order valence-corrected chi connectivity index (χ1v) is 9.78. The van der Waals surface area contributed by atoms with E-state index in [0.717, 1.165) is 37.6 Å². The largest absolute Gasteiger partial charge is 0.478 e. The summed E-state index contributed by atoms with van der Waals surface area (Å²) < 4.78 is 0. The van der Waals surface area contributed by atoms with E-state index in [1.54, 1.807) is 36.4 Å². The lowest BCUT2D eigenvalue weighted by molar-refractivity contribution is 0.0686. The lowest BCUT2D eigenvalue weighted by Crippen LogP contribution is -2.16. The summed E-state index contributed by atoms with van der Waals surface area (Å²) in [6, 6.07) is 18.6. The van der Waals surface area contributed by atoms with Crippen LogP contribution in [0.2, 0.25) is 0 Å². The summed E-state index contributed by atoms with van der Waals surface area (Å²) in [4.78, 5) is 26.9. The zero-order chi connectivity index (χ0) is 20.8. The molecule has 3 aromatic rings. The number of hydrogen-bond acceptors (Lipinski definition) is 4. The molecule has 0 saturated heterocycles. The molecule has 6 nitrogen and oxygen atoms in total. The molecule has 2 heterocycles. The average molecular weight is 400 g/mol. The van der Waals surface area contributed by atoms with Crippen LogP contribution in [0.3, 0.4) is 0 Å². The molecule has 0 fully saturated rings. The van der Waals surface area contributed by atoms with E-state index in [-0.39, 0.29) is 0 Å². The number of aromatic carboxylic acids is 2. The lowest BCUT2D eigenvalue weighted by Gasteiger charge is -2.19. The number of carboxylic acid groups (broad SMARTS) is 2. The summed E-state index contributed by atoms with van der Waals surface area (Å²) in [7, 11) is 0. The van der Waals surface area contributed by atoms with Crippen molar-refractivity contribution in [2.45, 2.75) is 26.2 Å². The first kappa shape index (κ1) is 18.2. The van der Waals surface area contributed by atoms with E-state index < -0.39 is 11.9 Å². The summed E-state index contributed by atoms with van der Waals surface area (Å²) in [5.74, 6) is -1.83. The predicted molar refractivity (Wildman–Crippen MR) is 113 cm³/mol. The highest BCUT2D eigenvalue weighted by Crippen LogP contribution is 2.35. The first-order chi connectivity index (χ1) is 14.5. The van der Waals surface area contributed by atoms with Crippen LogP contribution < -0.4 is 9.80 Å². The molecule has 0 unspecified atom stereocenters. The van der Waals surface area contributed by atoms with E-state index in [2.05, 4.69) is 21.9 Å². The van der Waals surface area contributed by atoms with Crippen molar-refractivity contribution in [3.63, 3.8) is 0 Å². The van der Waals surface area contributed by atoms with Crippen LogP contribution in [0, 0.1) is 0 Å². The van der Waals surface area contributed by atoms with Gasteiger partial charge in [-0.15, -0.1) is 0 Å². The van der Waals surface area contributed by atoms with Gasteiger partial charge in [-0.1, -0.05) is 24.3 Å². The predicted octanol–water partition coefficient (Wildman–Crippen LogP) is 4.12. The van der Waals surface area contributed by atoms with Crippen molar-refractivity contribution in [2.75, 3.05) is 9.80 Å². The van der Waals surface area contributed by atoms with Crippen LogP contribution in [-0.2, 0) is 26.2 Å². The van der Waals surface area contributed by atoms with Gasteiger partial charge in [-0.25, -0.2) is 9.59 Å². The van der Waals surface area contributed by atoms with Crippen molar-refractivity contribution in [1.29, 1.82) is 0 Å². The highest BCUT2D eigenvalue weighted by Gasteiger charge is 2.26. The molecule has 0 saturated carbocycles. The van der Waals surface area contributed by atoms with Gasteiger partial charge >= 0.3 is 11.9 Å². The van der Waals surface area contributed by atoms with Crippen LogP contribution in [0.1, 0.15) is 43.0 Å². The molecule has 5 rings (SSSR count). The highest BCUT2D eigenvalue weighted by atomic mass is 16.4. The van der Waals surface area contributed by atoms with Gasteiger partial charge in [0.2, 0.25) is 0 Å². The Morgan fingerprint density at radius 1 is 0.600 bits per heavy atom. The van der Waals surface area contributed by atoms with Crippen molar-refractivity contribution in [2.24, 2.45) is 0 Å². The minimum Gasteiger partial charge on any atom is -0.478 e. The van der Waals surface area contributed by atoms with E-state index in [4.69, 9.17) is 0 Å². The fourth-order valence-electron chi connectivity index (χ4n) is 4.35. The van der Waals surface area contributed by atoms with Crippen molar-refractivity contribution in [1.82, 2.24) is 0 Å². The van der Waals surface area contributed by atoms with Crippen LogP contribution in [0.15, 0.2) is 60.7 Å². The molecule has 0 aromatic heterocycles. The number of hydrogen-bond donors (Lipinski definition) is 2. The highest BCUT2D eigenvalue weighted by molar-refractivity contribution is 5.89. The topological polar surface area (TPSA) is 81.1 Å². The number of nitrogens with zero attached hydrogens (tertiary/aromatic N) is 2. The van der Waals surface area contributed by atoms with Crippen LogP contribution in [0.4, 0.5) is 11.4 Å². The van der Waals surface area contributed by atoms with Gasteiger partial charge in [0.25, 0.3) is 0 Å². The molecule has 3 aromatic carbocycles. The molecule has 0 atom stereocenters. The van der Waals surface area contributed by atoms with Crippen LogP contribution in [-0.4, -0.2) is 22.2 Å². The molecular formula is C24H20N2O4. The molecule has 0 spiro atoms. The Kier molecular flexibility index (Phi) is 4.20. The van der Waals surface area contributed by atoms with Gasteiger partial charge in [0.1, 0.15) is 0 Å². The van der Waals surface area contributed by atoms with Crippen LogP contribution in [0.25, 0.3) is 0 Å². The SMILES string of the molecule is O=C(O)c1cccc(N2Cc3cc4c(cc3C2)CN(c2cccc(C(=O)O)c2)C4)c1. The number of anilines is 2. The standard InChI is InChI=1S/C24H20N2O4/c27-23(28)15-3-1-5-21(9-15)25-11-17-7-19-13-26(14-20(19)8-18(17)12-25)22-6-2-4-16(10-22)24(29)30/h1-10H,11-14H2,(H,27,28)(H,29,30). The average Bonchev–Trinajstić information content (AvgIpc) is 3.35. The summed E-state index contributed by atoms with van der Waals surface area (Å²) in [5.41, 5.74) is 7.46. The van der Waals surface area contributed by atoms with Gasteiger partial charge in [-0.2, -0.15) is 0 Å². The molecule has 0 radical (unpaired) electrons. The second-order valence-electron chi connectivity index (χ2n) is 7.81. The van der Waals surface area contributed by atoms with E-state index in [9.17, 15) is 19.8 Å². The van der Waals surface area contributed by atoms with E-state index in [0.29, 0.717) is 11.1 Å². The zero-order valence-electron chi connectivity index (χ0n) is 16.2. The van der Waals surface area contributed by atoms with Gasteiger partial charge in [-0.05, 0) is 58.7 Å². The third-order valence-corrected chi connectivity index (χ3v) is 5.88. The minimum absolute atomic E-state index is 0.296. The number of carbonyl (C=O) groups is 2. The second-order valence-corrected chi connectivity index (χ2v) is 7.81. The Balaban J connectivity index is 1.37. The number of fused-ring (bicyclic) bond motifs is 2. The Morgan fingerprint density at radius 3 is 1.30 bits per heavy atom. The molecule has 150 valence electrons. The molecule has 30 heavy (non-hydrogen) atoms. The third-order valence-electron chi connectivity index (χ3n) is 5.88. The Morgan fingerprint density at radius 2 is 0.967 bits per heavy atom. The maximum Gasteiger partial charge on any atom is 0.335 e. The monoisotopic (exact) mass is 400 g/mol. The van der Waals surface area contributed by atoms with Gasteiger partial charge < -0.3 is 20.0 Å². The van der Waals surface area contributed by atoms with Crippen LogP contribution in [0.5, 0.6) is 0 Å². The molecule has 2 N–H and O–H groups in total. The maximum absolute atomic E-state index is 11.3. The van der Waals surface area contributed by atoms with E-state index in [1.165, 1.54) is 22.3 Å². The van der Waals surface area contributed by atoms with Gasteiger partial charge in [-0.3, -0.25) is 0 Å². The number of rotatable bonds is 4. The second kappa shape index (κ2) is 6.91. The third kappa shape index (κ3) is 3.16. The molecular weight excluding hydrogens is 380 g/mol.